The Morgan fingerprint density at radius 2 is 1.94 bits per heavy atom. The van der Waals surface area contributed by atoms with E-state index < -0.39 is 0 Å². The number of ether oxygens (including phenoxy) is 1. The number of aromatic nitrogens is 1. The summed E-state index contributed by atoms with van der Waals surface area (Å²) in [5, 5.41) is 3.02. The largest absolute Gasteiger partial charge is 0.457 e. The molecule has 2 heterocycles. The maximum atomic E-state index is 12.5. The van der Waals surface area contributed by atoms with Crippen LogP contribution in [-0.4, -0.2) is 28.9 Å². The fourth-order valence-corrected chi connectivity index (χ4v) is 3.89. The summed E-state index contributed by atoms with van der Waals surface area (Å²) in [4.78, 5) is 19.1. The Hall–Kier alpha value is -3.18. The van der Waals surface area contributed by atoms with Crippen molar-refractivity contribution in [3.05, 3.63) is 89.2 Å². The molecule has 2 aromatic carbocycles. The third kappa shape index (κ3) is 5.70. The molecule has 0 bridgehead atoms. The third-order valence-corrected chi connectivity index (χ3v) is 5.83. The summed E-state index contributed by atoms with van der Waals surface area (Å²) in [7, 11) is 0. The number of amides is 1. The second-order valence-corrected chi connectivity index (χ2v) is 8.26. The average Bonchev–Trinajstić information content (AvgIpc) is 3.24. The normalized spacial score (nSPS) is 16.3. The van der Waals surface area contributed by atoms with E-state index in [0.29, 0.717) is 6.54 Å². The highest BCUT2D eigenvalue weighted by Gasteiger charge is 2.28. The van der Waals surface area contributed by atoms with Gasteiger partial charge < -0.3 is 10.1 Å². The predicted molar refractivity (Wildman–Crippen MR) is 122 cm³/mol. The number of hydrogen-bond acceptors (Lipinski definition) is 4. The number of nitrogens with zero attached hydrogens (tertiary/aromatic N) is 2. The number of rotatable bonds is 7. The van der Waals surface area contributed by atoms with E-state index in [9.17, 15) is 4.79 Å². The van der Waals surface area contributed by atoms with Crippen LogP contribution in [0.5, 0.6) is 11.5 Å². The van der Waals surface area contributed by atoms with Crippen molar-refractivity contribution in [2.45, 2.75) is 33.4 Å². The van der Waals surface area contributed by atoms with E-state index in [1.54, 1.807) is 6.20 Å². The number of carbonyl (C=O) groups is 1. The first kappa shape index (κ1) is 21.1. The third-order valence-electron chi connectivity index (χ3n) is 5.83. The van der Waals surface area contributed by atoms with Gasteiger partial charge in [0.05, 0.1) is 18.2 Å². The molecule has 0 saturated carbocycles. The summed E-state index contributed by atoms with van der Waals surface area (Å²) >= 11 is 0. The highest BCUT2D eigenvalue weighted by Crippen LogP contribution is 2.26. The predicted octanol–water partition coefficient (Wildman–Crippen LogP) is 4.63. The average molecular weight is 416 g/mol. The van der Waals surface area contributed by atoms with Crippen molar-refractivity contribution in [3.63, 3.8) is 0 Å². The Morgan fingerprint density at radius 1 is 1.06 bits per heavy atom. The smallest absolute Gasteiger partial charge is 0.224 e. The van der Waals surface area contributed by atoms with Gasteiger partial charge in [0, 0.05) is 19.3 Å². The maximum Gasteiger partial charge on any atom is 0.224 e. The fraction of sp³-hybridized carbons (Fsp3) is 0.308. The van der Waals surface area contributed by atoms with E-state index in [1.807, 2.05) is 36.4 Å². The Labute approximate surface area is 184 Å². The van der Waals surface area contributed by atoms with Crippen molar-refractivity contribution < 1.29 is 9.53 Å². The minimum absolute atomic E-state index is 0.0266. The highest BCUT2D eigenvalue weighted by atomic mass is 16.5. The molecule has 1 atom stereocenters. The summed E-state index contributed by atoms with van der Waals surface area (Å²) in [5.74, 6) is 1.83. The van der Waals surface area contributed by atoms with Crippen LogP contribution in [-0.2, 0) is 17.9 Å². The van der Waals surface area contributed by atoms with E-state index in [2.05, 4.69) is 53.3 Å². The maximum absolute atomic E-state index is 12.5. The lowest BCUT2D eigenvalue weighted by Gasteiger charge is -2.17. The van der Waals surface area contributed by atoms with Gasteiger partial charge in [-0.1, -0.05) is 24.3 Å². The number of carbonyl (C=O) groups excluding carboxylic acids is 1. The molecule has 1 amide bonds. The molecule has 3 aromatic rings. The van der Waals surface area contributed by atoms with Gasteiger partial charge in [-0.15, -0.1) is 0 Å². The fourth-order valence-electron chi connectivity index (χ4n) is 3.89. The van der Waals surface area contributed by atoms with Gasteiger partial charge in [0.1, 0.15) is 11.5 Å². The topological polar surface area (TPSA) is 54.5 Å². The van der Waals surface area contributed by atoms with Crippen LogP contribution in [0.25, 0.3) is 0 Å². The molecule has 1 unspecified atom stereocenters. The molecule has 1 fully saturated rings. The molecule has 1 aromatic heterocycles. The molecule has 1 N–H and O–H groups in total. The second kappa shape index (κ2) is 9.75. The molecule has 0 aliphatic carbocycles. The standard InChI is InChI=1S/C26H29N3O2/c1-19-9-10-25(14-20(19)2)31-24-8-5-6-21(15-24)17-29-13-11-22(18-29)26(30)28-16-23-7-3-4-12-27-23/h3-10,12,14-15,22H,11,13,16-18H2,1-2H3,(H,28,30). The van der Waals surface area contributed by atoms with Crippen LogP contribution in [0.3, 0.4) is 0 Å². The van der Waals surface area contributed by atoms with Crippen LogP contribution in [0.4, 0.5) is 0 Å². The van der Waals surface area contributed by atoms with Gasteiger partial charge in [0.15, 0.2) is 0 Å². The van der Waals surface area contributed by atoms with Crippen LogP contribution in [0.15, 0.2) is 66.9 Å². The van der Waals surface area contributed by atoms with Crippen molar-refractivity contribution in [3.8, 4) is 11.5 Å². The van der Waals surface area contributed by atoms with Gasteiger partial charge in [-0.25, -0.2) is 0 Å². The zero-order valence-electron chi connectivity index (χ0n) is 18.2. The molecular formula is C26H29N3O2. The minimum Gasteiger partial charge on any atom is -0.457 e. The summed E-state index contributed by atoms with van der Waals surface area (Å²) in [5.41, 5.74) is 4.55. The zero-order valence-corrected chi connectivity index (χ0v) is 18.2. The molecular weight excluding hydrogens is 386 g/mol. The van der Waals surface area contributed by atoms with Gasteiger partial charge in [-0.05, 0) is 79.9 Å². The molecule has 4 rings (SSSR count). The van der Waals surface area contributed by atoms with Crippen molar-refractivity contribution >= 4 is 5.91 Å². The van der Waals surface area contributed by atoms with Crippen LogP contribution in [0, 0.1) is 19.8 Å². The van der Waals surface area contributed by atoms with Gasteiger partial charge in [0.2, 0.25) is 5.91 Å². The molecule has 5 heteroatoms. The van der Waals surface area contributed by atoms with Gasteiger partial charge in [-0.3, -0.25) is 14.7 Å². The van der Waals surface area contributed by atoms with Crippen molar-refractivity contribution in [2.24, 2.45) is 5.92 Å². The SMILES string of the molecule is Cc1ccc(Oc2cccc(CN3CCC(C(=O)NCc4ccccn4)C3)c2)cc1C. The molecule has 0 radical (unpaired) electrons. The first-order chi connectivity index (χ1) is 15.1. The number of hydrogen-bond donors (Lipinski definition) is 1. The summed E-state index contributed by atoms with van der Waals surface area (Å²) in [6, 6.07) is 20.1. The van der Waals surface area contributed by atoms with E-state index >= 15 is 0 Å². The molecule has 160 valence electrons. The van der Waals surface area contributed by atoms with Crippen molar-refractivity contribution in [1.82, 2.24) is 15.2 Å². The Balaban J connectivity index is 1.30. The van der Waals surface area contributed by atoms with E-state index in [1.165, 1.54) is 16.7 Å². The number of pyridine rings is 1. The lowest BCUT2D eigenvalue weighted by atomic mass is 10.1. The monoisotopic (exact) mass is 415 g/mol. The quantitative estimate of drug-likeness (QED) is 0.611. The van der Waals surface area contributed by atoms with E-state index in [4.69, 9.17) is 4.74 Å². The van der Waals surface area contributed by atoms with Crippen LogP contribution < -0.4 is 10.1 Å². The molecule has 1 saturated heterocycles. The van der Waals surface area contributed by atoms with Gasteiger partial charge in [0.25, 0.3) is 0 Å². The van der Waals surface area contributed by atoms with Crippen molar-refractivity contribution in [1.29, 1.82) is 0 Å². The molecule has 1 aliphatic rings. The zero-order chi connectivity index (χ0) is 21.6. The van der Waals surface area contributed by atoms with E-state index in [0.717, 1.165) is 43.2 Å². The van der Waals surface area contributed by atoms with Crippen LogP contribution in [0.1, 0.15) is 28.8 Å². The van der Waals surface area contributed by atoms with Crippen LogP contribution >= 0.6 is 0 Å². The molecule has 1 aliphatic heterocycles. The lowest BCUT2D eigenvalue weighted by Crippen LogP contribution is -2.32. The molecule has 31 heavy (non-hydrogen) atoms. The Kier molecular flexibility index (Phi) is 6.63. The highest BCUT2D eigenvalue weighted by molar-refractivity contribution is 5.79. The minimum atomic E-state index is 0.0266. The Bertz CT molecular complexity index is 1040. The molecule has 5 nitrogen and oxygen atoms in total. The molecule has 0 spiro atoms. The Morgan fingerprint density at radius 3 is 2.74 bits per heavy atom. The van der Waals surface area contributed by atoms with Gasteiger partial charge in [-0.2, -0.15) is 0 Å². The summed E-state index contributed by atoms with van der Waals surface area (Å²) in [6.07, 6.45) is 2.63. The number of nitrogens with one attached hydrogen (secondary N) is 1. The summed E-state index contributed by atoms with van der Waals surface area (Å²) in [6.45, 7) is 7.18. The van der Waals surface area contributed by atoms with Crippen LogP contribution in [0.2, 0.25) is 0 Å². The first-order valence-corrected chi connectivity index (χ1v) is 10.8. The van der Waals surface area contributed by atoms with Gasteiger partial charge >= 0.3 is 0 Å². The first-order valence-electron chi connectivity index (χ1n) is 10.8. The lowest BCUT2D eigenvalue weighted by molar-refractivity contribution is -0.124. The second-order valence-electron chi connectivity index (χ2n) is 8.26. The van der Waals surface area contributed by atoms with Crippen molar-refractivity contribution in [2.75, 3.05) is 13.1 Å². The number of likely N-dealkylation sites (tertiary alicyclic amines) is 1. The summed E-state index contributed by atoms with van der Waals surface area (Å²) < 4.78 is 6.06. The number of aryl methyl sites for hydroxylation is 2. The van der Waals surface area contributed by atoms with E-state index in [-0.39, 0.29) is 11.8 Å². The number of benzene rings is 2.